The maximum absolute atomic E-state index is 12.8. The molecule has 0 aromatic carbocycles. The number of hydrogen-bond acceptors (Lipinski definition) is 5. The van der Waals surface area contributed by atoms with Gasteiger partial charge in [-0.1, -0.05) is 6.07 Å². The molecule has 0 radical (unpaired) electrons. The third-order valence-electron chi connectivity index (χ3n) is 3.69. The molecule has 1 aliphatic heterocycles. The Bertz CT molecular complexity index is 672. The first-order chi connectivity index (χ1) is 11.0. The highest BCUT2D eigenvalue weighted by Gasteiger charge is 2.33. The summed E-state index contributed by atoms with van der Waals surface area (Å²) in [6, 6.07) is 3.90. The van der Waals surface area contributed by atoms with Crippen molar-refractivity contribution < 1.29 is 17.9 Å². The number of hydrogen-bond donors (Lipinski definition) is 0. The SMILES string of the molecule is CCn1cnnc1C1CN(c2cccc(C(F)(F)F)n2)CCO1. The smallest absolute Gasteiger partial charge is 0.366 e. The summed E-state index contributed by atoms with van der Waals surface area (Å²) in [5.74, 6) is 0.958. The lowest BCUT2D eigenvalue weighted by molar-refractivity contribution is -0.141. The molecule has 1 saturated heterocycles. The molecule has 0 amide bonds. The van der Waals surface area contributed by atoms with Crippen LogP contribution < -0.4 is 4.90 Å². The van der Waals surface area contributed by atoms with E-state index < -0.39 is 11.9 Å². The number of pyridine rings is 1. The number of ether oxygens (including phenoxy) is 1. The van der Waals surface area contributed by atoms with E-state index in [0.717, 1.165) is 6.07 Å². The zero-order valence-electron chi connectivity index (χ0n) is 12.5. The van der Waals surface area contributed by atoms with Gasteiger partial charge in [-0.15, -0.1) is 10.2 Å². The van der Waals surface area contributed by atoms with E-state index in [4.69, 9.17) is 4.74 Å². The summed E-state index contributed by atoms with van der Waals surface area (Å²) < 4.78 is 46.0. The molecule has 0 N–H and O–H groups in total. The van der Waals surface area contributed by atoms with Gasteiger partial charge in [0.15, 0.2) is 5.82 Å². The predicted molar refractivity (Wildman–Crippen MR) is 75.8 cm³/mol. The monoisotopic (exact) mass is 327 g/mol. The van der Waals surface area contributed by atoms with Gasteiger partial charge in [-0.25, -0.2) is 4.98 Å². The molecule has 0 saturated carbocycles. The van der Waals surface area contributed by atoms with Crippen molar-refractivity contribution in [3.05, 3.63) is 36.0 Å². The minimum absolute atomic E-state index is 0.288. The first-order valence-corrected chi connectivity index (χ1v) is 7.27. The van der Waals surface area contributed by atoms with Gasteiger partial charge in [0.1, 0.15) is 23.9 Å². The van der Waals surface area contributed by atoms with Gasteiger partial charge >= 0.3 is 6.18 Å². The fraction of sp³-hybridized carbons (Fsp3) is 0.500. The standard InChI is InChI=1S/C14H16F3N5O/c1-2-21-9-18-20-13(21)10-8-22(6-7-23-10)12-5-3-4-11(19-12)14(15,16)17/h3-5,9-10H,2,6-8H2,1H3. The van der Waals surface area contributed by atoms with Crippen LogP contribution in [0.25, 0.3) is 0 Å². The van der Waals surface area contributed by atoms with Crippen molar-refractivity contribution in [2.75, 3.05) is 24.6 Å². The van der Waals surface area contributed by atoms with Crippen LogP contribution in [0.2, 0.25) is 0 Å². The summed E-state index contributed by atoms with van der Waals surface area (Å²) >= 11 is 0. The highest BCUT2D eigenvalue weighted by molar-refractivity contribution is 5.40. The van der Waals surface area contributed by atoms with Crippen LogP contribution in [0.5, 0.6) is 0 Å². The van der Waals surface area contributed by atoms with Crippen LogP contribution in [0.4, 0.5) is 19.0 Å². The van der Waals surface area contributed by atoms with E-state index in [9.17, 15) is 13.2 Å². The maximum atomic E-state index is 12.8. The Morgan fingerprint density at radius 3 is 2.91 bits per heavy atom. The fourth-order valence-electron chi connectivity index (χ4n) is 2.53. The molecule has 3 rings (SSSR count). The van der Waals surface area contributed by atoms with Gasteiger partial charge in [-0.3, -0.25) is 0 Å². The number of aromatic nitrogens is 4. The Hall–Kier alpha value is -2.16. The number of halogens is 3. The van der Waals surface area contributed by atoms with Gasteiger partial charge in [0.2, 0.25) is 0 Å². The number of rotatable bonds is 3. The average molecular weight is 327 g/mol. The first kappa shape index (κ1) is 15.7. The van der Waals surface area contributed by atoms with Gasteiger partial charge < -0.3 is 14.2 Å². The van der Waals surface area contributed by atoms with E-state index in [-0.39, 0.29) is 11.9 Å². The van der Waals surface area contributed by atoms with Gasteiger partial charge in [0, 0.05) is 13.1 Å². The zero-order valence-corrected chi connectivity index (χ0v) is 12.5. The third kappa shape index (κ3) is 3.29. The maximum Gasteiger partial charge on any atom is 0.433 e. The summed E-state index contributed by atoms with van der Waals surface area (Å²) in [5.41, 5.74) is -0.894. The summed E-state index contributed by atoms with van der Waals surface area (Å²) in [7, 11) is 0. The second-order valence-corrected chi connectivity index (χ2v) is 5.16. The van der Waals surface area contributed by atoms with Gasteiger partial charge in [-0.2, -0.15) is 13.2 Å². The summed E-state index contributed by atoms with van der Waals surface area (Å²) in [6.07, 6.45) is -3.19. The van der Waals surface area contributed by atoms with Crippen molar-refractivity contribution in [1.82, 2.24) is 19.7 Å². The third-order valence-corrected chi connectivity index (χ3v) is 3.69. The van der Waals surface area contributed by atoms with Crippen LogP contribution in [-0.2, 0) is 17.5 Å². The highest BCUT2D eigenvalue weighted by Crippen LogP contribution is 2.30. The second-order valence-electron chi connectivity index (χ2n) is 5.16. The van der Waals surface area contributed by atoms with E-state index in [2.05, 4.69) is 15.2 Å². The topological polar surface area (TPSA) is 56.1 Å². The molecule has 1 aliphatic rings. The lowest BCUT2D eigenvalue weighted by atomic mass is 10.2. The van der Waals surface area contributed by atoms with Crippen molar-refractivity contribution >= 4 is 5.82 Å². The fourth-order valence-corrected chi connectivity index (χ4v) is 2.53. The molecule has 2 aromatic rings. The first-order valence-electron chi connectivity index (χ1n) is 7.27. The van der Waals surface area contributed by atoms with Crippen molar-refractivity contribution in [2.24, 2.45) is 0 Å². The molecule has 23 heavy (non-hydrogen) atoms. The van der Waals surface area contributed by atoms with Gasteiger partial charge in [0.25, 0.3) is 0 Å². The van der Waals surface area contributed by atoms with Crippen LogP contribution in [0.15, 0.2) is 24.5 Å². The predicted octanol–water partition coefficient (Wildman–Crippen LogP) is 2.29. The van der Waals surface area contributed by atoms with Crippen LogP contribution in [-0.4, -0.2) is 39.4 Å². The normalized spacial score (nSPS) is 19.1. The Kier molecular flexibility index (Phi) is 4.20. The molecule has 0 bridgehead atoms. The van der Waals surface area contributed by atoms with Crippen LogP contribution in [0.1, 0.15) is 24.5 Å². The second kappa shape index (κ2) is 6.15. The molecular formula is C14H16F3N5O. The lowest BCUT2D eigenvalue weighted by Gasteiger charge is -2.33. The molecule has 1 fully saturated rings. The van der Waals surface area contributed by atoms with Gasteiger partial charge in [-0.05, 0) is 19.1 Å². The number of morpholine rings is 1. The molecular weight excluding hydrogens is 311 g/mol. The molecule has 1 atom stereocenters. The van der Waals surface area contributed by atoms with E-state index in [1.165, 1.54) is 6.07 Å². The summed E-state index contributed by atoms with van der Waals surface area (Å²) in [4.78, 5) is 5.50. The minimum Gasteiger partial charge on any atom is -0.366 e. The Morgan fingerprint density at radius 1 is 1.35 bits per heavy atom. The molecule has 124 valence electrons. The Balaban J connectivity index is 1.81. The van der Waals surface area contributed by atoms with E-state index >= 15 is 0 Å². The Labute approximate surface area is 130 Å². The average Bonchev–Trinajstić information content (AvgIpc) is 3.03. The molecule has 2 aromatic heterocycles. The largest absolute Gasteiger partial charge is 0.433 e. The quantitative estimate of drug-likeness (QED) is 0.866. The molecule has 0 spiro atoms. The number of anilines is 1. The van der Waals surface area contributed by atoms with Crippen molar-refractivity contribution in [3.8, 4) is 0 Å². The summed E-state index contributed by atoms with van der Waals surface area (Å²) in [5, 5.41) is 7.92. The number of aryl methyl sites for hydroxylation is 1. The number of nitrogens with zero attached hydrogens (tertiary/aromatic N) is 5. The highest BCUT2D eigenvalue weighted by atomic mass is 19.4. The van der Waals surface area contributed by atoms with E-state index in [1.54, 1.807) is 17.3 Å². The molecule has 0 aliphatic carbocycles. The van der Waals surface area contributed by atoms with Gasteiger partial charge in [0.05, 0.1) is 13.2 Å². The molecule has 3 heterocycles. The molecule has 1 unspecified atom stereocenters. The van der Waals surface area contributed by atoms with E-state index in [0.29, 0.717) is 32.1 Å². The van der Waals surface area contributed by atoms with Crippen molar-refractivity contribution in [1.29, 1.82) is 0 Å². The minimum atomic E-state index is -4.45. The van der Waals surface area contributed by atoms with Crippen molar-refractivity contribution in [2.45, 2.75) is 25.7 Å². The number of alkyl halides is 3. The Morgan fingerprint density at radius 2 is 2.17 bits per heavy atom. The molecule has 6 nitrogen and oxygen atoms in total. The zero-order chi connectivity index (χ0) is 16.4. The van der Waals surface area contributed by atoms with E-state index in [1.807, 2.05) is 11.5 Å². The lowest BCUT2D eigenvalue weighted by Crippen LogP contribution is -2.40. The van der Waals surface area contributed by atoms with Crippen LogP contribution in [0.3, 0.4) is 0 Å². The van der Waals surface area contributed by atoms with Crippen LogP contribution in [0, 0.1) is 0 Å². The van der Waals surface area contributed by atoms with Crippen molar-refractivity contribution in [3.63, 3.8) is 0 Å². The van der Waals surface area contributed by atoms with Crippen LogP contribution >= 0.6 is 0 Å². The summed E-state index contributed by atoms with van der Waals surface area (Å²) in [6.45, 7) is 3.91. The molecule has 9 heteroatoms.